The molecule has 1 heteroatoms. The summed E-state index contributed by atoms with van der Waals surface area (Å²) in [5.74, 6) is 2.87. The average molecular weight is 268 g/mol. The van der Waals surface area contributed by atoms with Gasteiger partial charge in [0.25, 0.3) is 0 Å². The van der Waals surface area contributed by atoms with Crippen LogP contribution in [0.2, 0.25) is 0 Å². The van der Waals surface area contributed by atoms with Gasteiger partial charge in [-0.15, -0.1) is 0 Å². The van der Waals surface area contributed by atoms with Gasteiger partial charge in [0.05, 0.1) is 0 Å². The molecule has 0 amide bonds. The second-order valence-electron chi connectivity index (χ2n) is 6.88. The minimum atomic E-state index is 0.789. The summed E-state index contributed by atoms with van der Waals surface area (Å²) >= 11 is 0. The first-order valence-corrected chi connectivity index (χ1v) is 8.94. The van der Waals surface area contributed by atoms with Crippen LogP contribution in [0.1, 0.15) is 85.5 Å². The third kappa shape index (κ3) is 6.29. The topological polar surface area (TPSA) is 12.0 Å². The summed E-state index contributed by atoms with van der Waals surface area (Å²) < 4.78 is 0. The van der Waals surface area contributed by atoms with E-state index in [1.165, 1.54) is 64.3 Å². The molecule has 0 spiro atoms. The Morgan fingerprint density at radius 2 is 1.68 bits per heavy atom. The smallest absolute Gasteiger partial charge is 0.00978 e. The van der Waals surface area contributed by atoms with E-state index in [2.05, 4.69) is 33.0 Å². The Kier molecular flexibility index (Phi) is 8.77. The van der Waals surface area contributed by atoms with E-state index in [-0.39, 0.29) is 0 Å². The van der Waals surface area contributed by atoms with Gasteiger partial charge in [-0.1, -0.05) is 59.8 Å². The van der Waals surface area contributed by atoms with Gasteiger partial charge < -0.3 is 5.32 Å². The third-order valence-electron chi connectivity index (χ3n) is 5.17. The highest BCUT2D eigenvalue weighted by molar-refractivity contribution is 4.83. The highest BCUT2D eigenvalue weighted by Gasteiger charge is 2.27. The van der Waals surface area contributed by atoms with Crippen molar-refractivity contribution in [2.45, 2.75) is 91.5 Å². The fourth-order valence-electron chi connectivity index (χ4n) is 3.66. The van der Waals surface area contributed by atoms with Crippen molar-refractivity contribution in [3.8, 4) is 0 Å². The van der Waals surface area contributed by atoms with E-state index < -0.39 is 0 Å². The van der Waals surface area contributed by atoms with Gasteiger partial charge in [0.2, 0.25) is 0 Å². The molecule has 0 saturated heterocycles. The maximum absolute atomic E-state index is 3.85. The van der Waals surface area contributed by atoms with Crippen molar-refractivity contribution in [2.75, 3.05) is 6.54 Å². The maximum Gasteiger partial charge on any atom is 0.00978 e. The molecule has 0 aromatic rings. The molecule has 0 aliphatic heterocycles. The Morgan fingerprint density at radius 1 is 1.00 bits per heavy atom. The van der Waals surface area contributed by atoms with Crippen molar-refractivity contribution >= 4 is 0 Å². The van der Waals surface area contributed by atoms with Crippen molar-refractivity contribution < 1.29 is 0 Å². The number of rotatable bonds is 9. The number of hydrogen-bond acceptors (Lipinski definition) is 1. The first kappa shape index (κ1) is 17.0. The molecule has 0 aromatic heterocycles. The zero-order chi connectivity index (χ0) is 14.1. The molecule has 1 N–H and O–H groups in total. The fourth-order valence-corrected chi connectivity index (χ4v) is 3.66. The molecule has 2 unspecified atom stereocenters. The standard InChI is InChI=1S/C18H37N/c1-5-8-16-9-11-17(12-10-16)18(19-13-6-2)14-15(4)7-3/h15-19H,5-14H2,1-4H3. The minimum Gasteiger partial charge on any atom is -0.314 e. The molecule has 114 valence electrons. The largest absolute Gasteiger partial charge is 0.314 e. The van der Waals surface area contributed by atoms with Gasteiger partial charge in [-0.25, -0.2) is 0 Å². The van der Waals surface area contributed by atoms with Crippen LogP contribution in [-0.2, 0) is 0 Å². The molecule has 1 aliphatic carbocycles. The average Bonchev–Trinajstić information content (AvgIpc) is 2.44. The van der Waals surface area contributed by atoms with Gasteiger partial charge in [0, 0.05) is 6.04 Å². The molecular formula is C18H37N. The Labute approximate surface area is 121 Å². The van der Waals surface area contributed by atoms with Gasteiger partial charge in [-0.3, -0.25) is 0 Å². The van der Waals surface area contributed by atoms with Crippen molar-refractivity contribution in [2.24, 2.45) is 17.8 Å². The molecular weight excluding hydrogens is 230 g/mol. The molecule has 1 rings (SSSR count). The first-order valence-electron chi connectivity index (χ1n) is 8.94. The summed E-state index contributed by atoms with van der Waals surface area (Å²) in [5, 5.41) is 3.85. The van der Waals surface area contributed by atoms with Crippen LogP contribution in [0.4, 0.5) is 0 Å². The van der Waals surface area contributed by atoms with Crippen LogP contribution in [0, 0.1) is 17.8 Å². The summed E-state index contributed by atoms with van der Waals surface area (Å²) in [6.07, 6.45) is 12.7. The summed E-state index contributed by atoms with van der Waals surface area (Å²) in [6.45, 7) is 10.6. The van der Waals surface area contributed by atoms with E-state index >= 15 is 0 Å². The lowest BCUT2D eigenvalue weighted by Crippen LogP contribution is -2.39. The van der Waals surface area contributed by atoms with E-state index in [0.717, 1.165) is 23.8 Å². The van der Waals surface area contributed by atoms with Crippen LogP contribution in [0.15, 0.2) is 0 Å². The van der Waals surface area contributed by atoms with E-state index in [4.69, 9.17) is 0 Å². The van der Waals surface area contributed by atoms with Crippen molar-refractivity contribution in [1.82, 2.24) is 5.32 Å². The number of hydrogen-bond donors (Lipinski definition) is 1. The highest BCUT2D eigenvalue weighted by atomic mass is 14.9. The van der Waals surface area contributed by atoms with Gasteiger partial charge in [-0.2, -0.15) is 0 Å². The summed E-state index contributed by atoms with van der Waals surface area (Å²) in [7, 11) is 0. The molecule has 2 atom stereocenters. The van der Waals surface area contributed by atoms with Crippen LogP contribution < -0.4 is 5.32 Å². The van der Waals surface area contributed by atoms with Crippen LogP contribution in [0.25, 0.3) is 0 Å². The zero-order valence-corrected chi connectivity index (χ0v) is 13.9. The van der Waals surface area contributed by atoms with E-state index in [9.17, 15) is 0 Å². The normalized spacial score (nSPS) is 27.2. The predicted octanol–water partition coefficient (Wildman–Crippen LogP) is 5.40. The highest BCUT2D eigenvalue weighted by Crippen LogP contribution is 2.35. The molecule has 1 aliphatic rings. The summed E-state index contributed by atoms with van der Waals surface area (Å²) in [4.78, 5) is 0. The lowest BCUT2D eigenvalue weighted by atomic mass is 9.75. The molecule has 1 nitrogen and oxygen atoms in total. The van der Waals surface area contributed by atoms with Gasteiger partial charge in [0.1, 0.15) is 0 Å². The summed E-state index contributed by atoms with van der Waals surface area (Å²) in [6, 6.07) is 0.789. The van der Waals surface area contributed by atoms with Gasteiger partial charge in [0.15, 0.2) is 0 Å². The van der Waals surface area contributed by atoms with E-state index in [1.54, 1.807) is 0 Å². The second-order valence-corrected chi connectivity index (χ2v) is 6.88. The third-order valence-corrected chi connectivity index (χ3v) is 5.17. The van der Waals surface area contributed by atoms with Crippen LogP contribution in [0.3, 0.4) is 0 Å². The molecule has 19 heavy (non-hydrogen) atoms. The molecule has 1 saturated carbocycles. The van der Waals surface area contributed by atoms with Gasteiger partial charge in [-0.05, 0) is 50.0 Å². The van der Waals surface area contributed by atoms with E-state index in [0.29, 0.717) is 0 Å². The summed E-state index contributed by atoms with van der Waals surface area (Å²) in [5.41, 5.74) is 0. The Balaban J connectivity index is 2.41. The molecule has 0 heterocycles. The number of nitrogens with one attached hydrogen (secondary N) is 1. The van der Waals surface area contributed by atoms with Crippen LogP contribution >= 0.6 is 0 Å². The predicted molar refractivity (Wildman–Crippen MR) is 86.5 cm³/mol. The Hall–Kier alpha value is -0.0400. The second kappa shape index (κ2) is 9.80. The Morgan fingerprint density at radius 3 is 2.21 bits per heavy atom. The Bertz CT molecular complexity index is 206. The lowest BCUT2D eigenvalue weighted by molar-refractivity contribution is 0.194. The molecule has 0 radical (unpaired) electrons. The zero-order valence-electron chi connectivity index (χ0n) is 13.9. The van der Waals surface area contributed by atoms with Crippen molar-refractivity contribution in [1.29, 1.82) is 0 Å². The van der Waals surface area contributed by atoms with E-state index in [1.807, 2.05) is 0 Å². The van der Waals surface area contributed by atoms with Gasteiger partial charge >= 0.3 is 0 Å². The first-order chi connectivity index (χ1) is 9.21. The molecule has 1 fully saturated rings. The fraction of sp³-hybridized carbons (Fsp3) is 1.00. The van der Waals surface area contributed by atoms with Crippen molar-refractivity contribution in [3.63, 3.8) is 0 Å². The SMILES string of the molecule is CCCNC(CC(C)CC)C1CCC(CCC)CC1. The van der Waals surface area contributed by atoms with Crippen LogP contribution in [-0.4, -0.2) is 12.6 Å². The van der Waals surface area contributed by atoms with Crippen LogP contribution in [0.5, 0.6) is 0 Å². The maximum atomic E-state index is 3.85. The monoisotopic (exact) mass is 267 g/mol. The van der Waals surface area contributed by atoms with Crippen molar-refractivity contribution in [3.05, 3.63) is 0 Å². The molecule has 0 bridgehead atoms. The molecule has 0 aromatic carbocycles. The minimum absolute atomic E-state index is 0.789. The lowest BCUT2D eigenvalue weighted by Gasteiger charge is -2.35. The quantitative estimate of drug-likeness (QED) is 0.590.